The highest BCUT2D eigenvalue weighted by Crippen LogP contribution is 2.33. The van der Waals surface area contributed by atoms with Crippen LogP contribution in [0.25, 0.3) is 0 Å². The van der Waals surface area contributed by atoms with Gasteiger partial charge in [-0.25, -0.2) is 0 Å². The maximum atomic E-state index is 6.74. The zero-order chi connectivity index (χ0) is 22.8. The van der Waals surface area contributed by atoms with Gasteiger partial charge in [0.2, 0.25) is 0 Å². The number of ether oxygens (including phenoxy) is 1. The Morgan fingerprint density at radius 1 is 0.586 bits per heavy atom. The van der Waals surface area contributed by atoms with Crippen molar-refractivity contribution in [3.05, 3.63) is 0 Å². The average molecular weight is 482 g/mol. The molecule has 0 amide bonds. The highest BCUT2D eigenvalue weighted by Gasteiger charge is 2.51. The molecule has 1 rings (SSSR count). The van der Waals surface area contributed by atoms with Gasteiger partial charge in [-0.15, -0.1) is 0 Å². The zero-order valence-corrected chi connectivity index (χ0v) is 24.9. The Morgan fingerprint density at radius 2 is 0.966 bits per heavy atom. The fraction of sp³-hybridized carbons (Fsp3) is 1.00. The first-order valence-electron chi connectivity index (χ1n) is 10.8. The molecule has 6 nitrogen and oxygen atoms in total. The summed E-state index contributed by atoms with van der Waals surface area (Å²) in [5, 5.41) is 0. The molecule has 5 atom stereocenters. The fourth-order valence-corrected chi connectivity index (χ4v) is 7.24. The molecule has 1 aliphatic heterocycles. The highest BCUT2D eigenvalue weighted by atomic mass is 28.4. The van der Waals surface area contributed by atoms with E-state index in [9.17, 15) is 0 Å². The van der Waals surface area contributed by atoms with Crippen molar-refractivity contribution in [3.63, 3.8) is 0 Å². The van der Waals surface area contributed by atoms with E-state index < -0.39 is 33.3 Å². The van der Waals surface area contributed by atoms with E-state index in [-0.39, 0.29) is 30.5 Å². The Hall–Kier alpha value is 0.628. The summed E-state index contributed by atoms with van der Waals surface area (Å²) in [5.41, 5.74) is 6.16. The summed E-state index contributed by atoms with van der Waals surface area (Å²) < 4.78 is 32.8. The molecule has 10 heteroatoms. The second-order valence-corrected chi connectivity index (χ2v) is 29.9. The van der Waals surface area contributed by atoms with Crippen molar-refractivity contribution in [2.24, 2.45) is 5.73 Å². The van der Waals surface area contributed by atoms with Gasteiger partial charge in [-0.3, -0.25) is 0 Å². The molecule has 2 N–H and O–H groups in total. The van der Waals surface area contributed by atoms with Gasteiger partial charge in [-0.05, 0) is 78.6 Å². The van der Waals surface area contributed by atoms with Crippen LogP contribution in [0.5, 0.6) is 0 Å². The van der Waals surface area contributed by atoms with E-state index in [0.717, 1.165) is 0 Å². The summed E-state index contributed by atoms with van der Waals surface area (Å²) in [6.07, 6.45) is -1.06. The van der Waals surface area contributed by atoms with Gasteiger partial charge in [0.05, 0.1) is 18.8 Å². The van der Waals surface area contributed by atoms with Gasteiger partial charge in [0, 0.05) is 6.54 Å². The summed E-state index contributed by atoms with van der Waals surface area (Å²) in [7, 11) is -7.28. The van der Waals surface area contributed by atoms with Crippen LogP contribution >= 0.6 is 0 Å². The average Bonchev–Trinajstić information content (AvgIpc) is 2.44. The molecule has 0 saturated carbocycles. The first-order chi connectivity index (χ1) is 12.8. The molecule has 174 valence electrons. The minimum Gasteiger partial charge on any atom is -0.415 e. The van der Waals surface area contributed by atoms with E-state index in [1.165, 1.54) is 0 Å². The van der Waals surface area contributed by atoms with Crippen LogP contribution in [0.3, 0.4) is 0 Å². The van der Waals surface area contributed by atoms with Crippen LogP contribution in [0, 0.1) is 0 Å². The van der Waals surface area contributed by atoms with E-state index in [4.69, 9.17) is 28.2 Å². The van der Waals surface area contributed by atoms with Crippen molar-refractivity contribution in [2.45, 2.75) is 109 Å². The van der Waals surface area contributed by atoms with Crippen LogP contribution in [-0.2, 0) is 22.4 Å². The molecule has 0 unspecified atom stereocenters. The van der Waals surface area contributed by atoms with Gasteiger partial charge >= 0.3 is 0 Å². The van der Waals surface area contributed by atoms with Crippen molar-refractivity contribution in [2.75, 3.05) is 13.2 Å². The summed E-state index contributed by atoms with van der Waals surface area (Å²) in [4.78, 5) is 0. The molecule has 1 aliphatic rings. The molecular formula is C19H47NO5Si4. The Bertz CT molecular complexity index is 511. The predicted octanol–water partition coefficient (Wildman–Crippen LogP) is 4.22. The maximum Gasteiger partial charge on any atom is 0.184 e. The molecule has 29 heavy (non-hydrogen) atoms. The molecule has 1 fully saturated rings. The quantitative estimate of drug-likeness (QED) is 0.471. The molecule has 0 aromatic carbocycles. The molecular weight excluding hydrogens is 435 g/mol. The van der Waals surface area contributed by atoms with E-state index >= 15 is 0 Å². The van der Waals surface area contributed by atoms with Crippen molar-refractivity contribution in [1.29, 1.82) is 0 Å². The van der Waals surface area contributed by atoms with Crippen LogP contribution in [0.2, 0.25) is 78.6 Å². The predicted molar refractivity (Wildman–Crippen MR) is 132 cm³/mol. The highest BCUT2D eigenvalue weighted by molar-refractivity contribution is 6.71. The molecule has 0 spiro atoms. The van der Waals surface area contributed by atoms with E-state index in [0.29, 0.717) is 13.2 Å². The van der Waals surface area contributed by atoms with Crippen LogP contribution < -0.4 is 5.73 Å². The van der Waals surface area contributed by atoms with Gasteiger partial charge in [0.25, 0.3) is 0 Å². The minimum absolute atomic E-state index is 0.197. The van der Waals surface area contributed by atoms with Crippen LogP contribution in [0.15, 0.2) is 0 Å². The van der Waals surface area contributed by atoms with Crippen LogP contribution in [0.1, 0.15) is 0 Å². The number of nitrogens with two attached hydrogens (primary N) is 1. The number of rotatable bonds is 10. The lowest BCUT2D eigenvalue weighted by molar-refractivity contribution is -0.210. The zero-order valence-electron chi connectivity index (χ0n) is 20.9. The largest absolute Gasteiger partial charge is 0.415 e. The summed E-state index contributed by atoms with van der Waals surface area (Å²) in [5.74, 6) is 0. The van der Waals surface area contributed by atoms with Gasteiger partial charge < -0.3 is 28.2 Å². The lowest BCUT2D eigenvalue weighted by Crippen LogP contribution is -2.67. The summed E-state index contributed by atoms with van der Waals surface area (Å²) >= 11 is 0. The fourth-order valence-electron chi connectivity index (χ4n) is 3.29. The summed E-state index contributed by atoms with van der Waals surface area (Å²) in [6, 6.07) is 0. The van der Waals surface area contributed by atoms with Crippen molar-refractivity contribution in [1.82, 2.24) is 0 Å². The van der Waals surface area contributed by atoms with E-state index in [1.54, 1.807) is 0 Å². The van der Waals surface area contributed by atoms with Crippen molar-refractivity contribution < 1.29 is 22.4 Å². The first-order valence-corrected chi connectivity index (χ1v) is 24.5. The normalized spacial score (nSPS) is 29.9. The third-order valence-electron chi connectivity index (χ3n) is 4.11. The molecule has 0 aromatic rings. The van der Waals surface area contributed by atoms with Gasteiger partial charge in [-0.2, -0.15) is 0 Å². The second kappa shape index (κ2) is 10.1. The Kier molecular flexibility index (Phi) is 9.59. The molecule has 1 saturated heterocycles. The van der Waals surface area contributed by atoms with Crippen LogP contribution in [0.4, 0.5) is 0 Å². The molecule has 0 radical (unpaired) electrons. The smallest absolute Gasteiger partial charge is 0.184 e. The standard InChI is InChI=1S/C19H47NO5Si4/c1-26(2,3)21-14-16-18(24-28(7,8)9)19(25-29(10,11)12)17(15(13-20)22-16)23-27(4,5)6/h15-19H,13-14,20H2,1-12H3/t15-,16+,17-,18+,19+/m0/s1. The monoisotopic (exact) mass is 481 g/mol. The van der Waals surface area contributed by atoms with E-state index in [2.05, 4.69) is 78.6 Å². The first kappa shape index (κ1) is 27.7. The second-order valence-electron chi connectivity index (χ2n) is 12.0. The Morgan fingerprint density at radius 3 is 1.31 bits per heavy atom. The lowest BCUT2D eigenvalue weighted by atomic mass is 9.95. The summed E-state index contributed by atoms with van der Waals surface area (Å²) in [6.45, 7) is 27.3. The van der Waals surface area contributed by atoms with E-state index in [1.807, 2.05) is 0 Å². The Labute approximate surface area is 183 Å². The molecule has 1 heterocycles. The maximum absolute atomic E-state index is 6.74. The Balaban J connectivity index is 3.34. The molecule has 0 aromatic heterocycles. The third kappa shape index (κ3) is 10.7. The number of hydrogen-bond donors (Lipinski definition) is 1. The van der Waals surface area contributed by atoms with Crippen LogP contribution in [-0.4, -0.2) is 76.9 Å². The molecule has 0 aliphatic carbocycles. The van der Waals surface area contributed by atoms with Crippen molar-refractivity contribution >= 4 is 33.3 Å². The van der Waals surface area contributed by atoms with Gasteiger partial charge in [-0.1, -0.05) is 0 Å². The lowest BCUT2D eigenvalue weighted by Gasteiger charge is -2.51. The van der Waals surface area contributed by atoms with Gasteiger partial charge in [0.1, 0.15) is 18.3 Å². The SMILES string of the molecule is C[Si](C)(C)OC[C@H]1O[C@@H](CN)[C@H](O[Si](C)(C)C)[C@@H](O[Si](C)(C)C)[C@@H]1O[Si](C)(C)C. The van der Waals surface area contributed by atoms with Crippen molar-refractivity contribution in [3.8, 4) is 0 Å². The minimum atomic E-state index is -1.87. The topological polar surface area (TPSA) is 72.2 Å². The third-order valence-corrected chi connectivity index (χ3v) is 8.08. The van der Waals surface area contributed by atoms with Gasteiger partial charge in [0.15, 0.2) is 33.3 Å². The number of hydrogen-bond acceptors (Lipinski definition) is 6. The molecule has 0 bridgehead atoms.